The van der Waals surface area contributed by atoms with Gasteiger partial charge in [0, 0.05) is 38.1 Å². The Balaban J connectivity index is 1.44. The molecule has 7 nitrogen and oxygen atoms in total. The molecule has 0 radical (unpaired) electrons. The molecule has 1 amide bonds. The predicted molar refractivity (Wildman–Crippen MR) is 105 cm³/mol. The number of aromatic nitrogens is 2. The van der Waals surface area contributed by atoms with Crippen LogP contribution in [0.4, 0.5) is 4.79 Å². The Bertz CT molecular complexity index is 776. The predicted octanol–water partition coefficient (Wildman–Crippen LogP) is 2.41. The van der Waals surface area contributed by atoms with Crippen molar-refractivity contribution in [3.63, 3.8) is 0 Å². The van der Waals surface area contributed by atoms with Crippen LogP contribution in [0.5, 0.6) is 0 Å². The Morgan fingerprint density at radius 2 is 2.07 bits per heavy atom. The molecule has 1 aromatic heterocycles. The van der Waals surface area contributed by atoms with Crippen LogP contribution in [-0.2, 0) is 0 Å². The minimum absolute atomic E-state index is 0.501. The van der Waals surface area contributed by atoms with E-state index in [0.29, 0.717) is 18.5 Å². The van der Waals surface area contributed by atoms with Crippen LogP contribution in [0.25, 0.3) is 11.0 Å². The second kappa shape index (κ2) is 8.27. The Morgan fingerprint density at radius 1 is 1.26 bits per heavy atom. The molecule has 0 bridgehead atoms. The summed E-state index contributed by atoms with van der Waals surface area (Å²) in [5.74, 6) is 1.77. The number of likely N-dealkylation sites (tertiary alicyclic amines) is 1. The summed E-state index contributed by atoms with van der Waals surface area (Å²) in [6.07, 6.45) is 3.34. The van der Waals surface area contributed by atoms with Gasteiger partial charge in [0.15, 0.2) is 0 Å². The summed E-state index contributed by atoms with van der Waals surface area (Å²) < 4.78 is 2.52. The van der Waals surface area contributed by atoms with E-state index in [4.69, 9.17) is 10.1 Å². The molecule has 0 aliphatic carbocycles. The molecule has 2 aromatic rings. The lowest BCUT2D eigenvalue weighted by Gasteiger charge is -2.34. The van der Waals surface area contributed by atoms with Gasteiger partial charge in [-0.2, -0.15) is 0 Å². The minimum atomic E-state index is -0.936. The number of carbonyl (C=O) groups is 1. The Morgan fingerprint density at radius 3 is 2.81 bits per heavy atom. The van der Waals surface area contributed by atoms with E-state index < -0.39 is 6.09 Å². The first kappa shape index (κ1) is 18.3. The first-order chi connectivity index (χ1) is 13.2. The van der Waals surface area contributed by atoms with Crippen LogP contribution in [0.15, 0.2) is 24.3 Å². The summed E-state index contributed by atoms with van der Waals surface area (Å²) in [4.78, 5) is 18.0. The fourth-order valence-electron chi connectivity index (χ4n) is 4.51. The second-order valence-electron chi connectivity index (χ2n) is 7.68. The number of piperidine rings is 1. The van der Waals surface area contributed by atoms with Gasteiger partial charge in [0.25, 0.3) is 0 Å². The Hall–Kier alpha value is -2.12. The maximum absolute atomic E-state index is 10.5. The van der Waals surface area contributed by atoms with Crippen LogP contribution in [-0.4, -0.2) is 64.9 Å². The van der Waals surface area contributed by atoms with Crippen molar-refractivity contribution in [1.82, 2.24) is 25.1 Å². The molecule has 2 fully saturated rings. The van der Waals surface area contributed by atoms with Crippen molar-refractivity contribution in [1.29, 1.82) is 0 Å². The van der Waals surface area contributed by atoms with Gasteiger partial charge in [-0.05, 0) is 50.9 Å². The number of para-hydroxylation sites is 2. The number of nitrogens with one attached hydrogen (secondary N) is 2. The van der Waals surface area contributed by atoms with Gasteiger partial charge < -0.3 is 25.2 Å². The molecule has 0 spiro atoms. The summed E-state index contributed by atoms with van der Waals surface area (Å²) in [7, 11) is 0. The molecular formula is C20H29N5O2. The zero-order valence-corrected chi connectivity index (χ0v) is 15.7. The van der Waals surface area contributed by atoms with Crippen molar-refractivity contribution in [3.8, 4) is 0 Å². The summed E-state index contributed by atoms with van der Waals surface area (Å²) in [6.45, 7) is 5.71. The lowest BCUT2D eigenvalue weighted by Crippen LogP contribution is -2.37. The van der Waals surface area contributed by atoms with Gasteiger partial charge in [0.2, 0.25) is 0 Å². The highest BCUT2D eigenvalue weighted by Crippen LogP contribution is 2.33. The summed E-state index contributed by atoms with van der Waals surface area (Å²) in [5, 5.41) is 14.6. The third kappa shape index (κ3) is 4.09. The molecular weight excluding hydrogens is 342 g/mol. The van der Waals surface area contributed by atoms with Gasteiger partial charge in [-0.3, -0.25) is 0 Å². The fourth-order valence-corrected chi connectivity index (χ4v) is 4.51. The molecule has 7 heteroatoms. The molecule has 2 aliphatic heterocycles. The lowest BCUT2D eigenvalue weighted by atomic mass is 10.0. The van der Waals surface area contributed by atoms with Gasteiger partial charge in [-0.15, -0.1) is 0 Å². The highest BCUT2D eigenvalue weighted by atomic mass is 16.4. The van der Waals surface area contributed by atoms with Crippen LogP contribution in [0.2, 0.25) is 0 Å². The van der Waals surface area contributed by atoms with Crippen LogP contribution >= 0.6 is 0 Å². The lowest BCUT2D eigenvalue weighted by molar-refractivity contribution is 0.179. The van der Waals surface area contributed by atoms with Gasteiger partial charge in [-0.25, -0.2) is 9.78 Å². The molecule has 27 heavy (non-hydrogen) atoms. The number of fused-ring (bicyclic) bond motifs is 1. The van der Waals surface area contributed by atoms with Gasteiger partial charge in [0.05, 0.1) is 11.0 Å². The zero-order chi connectivity index (χ0) is 18.6. The van der Waals surface area contributed by atoms with Crippen LogP contribution < -0.4 is 10.6 Å². The van der Waals surface area contributed by atoms with E-state index in [0.717, 1.165) is 57.5 Å². The molecule has 3 heterocycles. The SMILES string of the molecule is O=C(O)NCCCN1CCC(n2c(C3CCNC3)nc3ccccc32)CC1. The molecule has 1 aromatic carbocycles. The van der Waals surface area contributed by atoms with E-state index in [-0.39, 0.29) is 0 Å². The number of rotatable bonds is 6. The summed E-state index contributed by atoms with van der Waals surface area (Å²) in [5.41, 5.74) is 2.38. The number of benzene rings is 1. The molecule has 0 saturated carbocycles. The topological polar surface area (TPSA) is 82.4 Å². The first-order valence-electron chi connectivity index (χ1n) is 10.1. The molecule has 1 atom stereocenters. The standard InChI is InChI=1S/C20H29N5O2/c26-20(27)22-9-3-11-24-12-7-16(8-13-24)25-18-5-2-1-4-17(18)23-19(25)15-6-10-21-14-15/h1-2,4-5,15-16,21-22H,3,6-14H2,(H,26,27). The third-order valence-corrected chi connectivity index (χ3v) is 5.90. The smallest absolute Gasteiger partial charge is 0.404 e. The number of imidazole rings is 1. The number of nitrogens with zero attached hydrogens (tertiary/aromatic N) is 3. The van der Waals surface area contributed by atoms with Crippen molar-refractivity contribution in [2.45, 2.75) is 37.6 Å². The number of carboxylic acid groups (broad SMARTS) is 1. The highest BCUT2D eigenvalue weighted by molar-refractivity contribution is 5.76. The fraction of sp³-hybridized carbons (Fsp3) is 0.600. The van der Waals surface area contributed by atoms with Crippen LogP contribution in [0.3, 0.4) is 0 Å². The van der Waals surface area contributed by atoms with E-state index in [1.165, 1.54) is 17.8 Å². The van der Waals surface area contributed by atoms with Gasteiger partial charge >= 0.3 is 6.09 Å². The average molecular weight is 371 g/mol. The van der Waals surface area contributed by atoms with E-state index in [1.54, 1.807) is 0 Å². The number of hydrogen-bond acceptors (Lipinski definition) is 4. The highest BCUT2D eigenvalue weighted by Gasteiger charge is 2.28. The van der Waals surface area contributed by atoms with E-state index in [1.807, 2.05) is 0 Å². The Labute approximate surface area is 159 Å². The molecule has 1 unspecified atom stereocenters. The molecule has 2 aliphatic rings. The van der Waals surface area contributed by atoms with Crippen molar-refractivity contribution >= 4 is 17.1 Å². The average Bonchev–Trinajstić information content (AvgIpc) is 3.33. The van der Waals surface area contributed by atoms with Crippen molar-refractivity contribution in [2.75, 3.05) is 39.3 Å². The quantitative estimate of drug-likeness (QED) is 0.680. The second-order valence-corrected chi connectivity index (χ2v) is 7.68. The van der Waals surface area contributed by atoms with Crippen molar-refractivity contribution in [2.24, 2.45) is 0 Å². The number of amides is 1. The summed E-state index contributed by atoms with van der Waals surface area (Å²) >= 11 is 0. The summed E-state index contributed by atoms with van der Waals surface area (Å²) in [6, 6.07) is 9.02. The van der Waals surface area contributed by atoms with Crippen molar-refractivity contribution in [3.05, 3.63) is 30.1 Å². The monoisotopic (exact) mass is 371 g/mol. The van der Waals surface area contributed by atoms with Crippen molar-refractivity contribution < 1.29 is 9.90 Å². The normalized spacial score (nSPS) is 21.7. The largest absolute Gasteiger partial charge is 0.465 e. The molecule has 3 N–H and O–H groups in total. The maximum atomic E-state index is 10.5. The van der Waals surface area contributed by atoms with Gasteiger partial charge in [0.1, 0.15) is 5.82 Å². The van der Waals surface area contributed by atoms with Gasteiger partial charge in [-0.1, -0.05) is 12.1 Å². The molecule has 2 saturated heterocycles. The van der Waals surface area contributed by atoms with Crippen LogP contribution in [0.1, 0.15) is 43.5 Å². The third-order valence-electron chi connectivity index (χ3n) is 5.90. The maximum Gasteiger partial charge on any atom is 0.404 e. The zero-order valence-electron chi connectivity index (χ0n) is 15.7. The first-order valence-corrected chi connectivity index (χ1v) is 10.1. The number of hydrogen-bond donors (Lipinski definition) is 3. The van der Waals surface area contributed by atoms with E-state index >= 15 is 0 Å². The van der Waals surface area contributed by atoms with E-state index in [2.05, 4.69) is 44.4 Å². The van der Waals surface area contributed by atoms with E-state index in [9.17, 15) is 4.79 Å². The minimum Gasteiger partial charge on any atom is -0.465 e. The Kier molecular flexibility index (Phi) is 5.59. The molecule has 4 rings (SSSR count). The molecule has 146 valence electrons. The van der Waals surface area contributed by atoms with Crippen LogP contribution in [0, 0.1) is 0 Å².